The number of nitrogens with zero attached hydrogens (tertiary/aromatic N) is 2. The Kier molecular flexibility index (Phi) is 4.82. The summed E-state index contributed by atoms with van der Waals surface area (Å²) in [4.78, 5) is 23.6. The van der Waals surface area contributed by atoms with Crippen molar-refractivity contribution in [2.45, 2.75) is 13.0 Å². The smallest absolute Gasteiger partial charge is 0.356 e. The summed E-state index contributed by atoms with van der Waals surface area (Å²) in [5.41, 5.74) is 1.27. The van der Waals surface area contributed by atoms with Gasteiger partial charge < -0.3 is 10.1 Å². The van der Waals surface area contributed by atoms with E-state index < -0.39 is 5.97 Å². The molecule has 1 heterocycles. The highest BCUT2D eigenvalue weighted by Crippen LogP contribution is 2.22. The number of rotatable bonds is 4. The summed E-state index contributed by atoms with van der Waals surface area (Å²) in [5, 5.41) is 7.32. The van der Waals surface area contributed by atoms with Crippen LogP contribution in [0, 0.1) is 0 Å². The lowest BCUT2D eigenvalue weighted by molar-refractivity contribution is 0.0585. The van der Waals surface area contributed by atoms with Gasteiger partial charge in [0.1, 0.15) is 5.69 Å². The van der Waals surface area contributed by atoms with Crippen LogP contribution in [0.3, 0.4) is 0 Å². The van der Waals surface area contributed by atoms with Crippen LogP contribution in [0.15, 0.2) is 30.3 Å². The molecule has 0 aliphatic heterocycles. The average Bonchev–Trinajstić information content (AvgIpc) is 2.98. The first-order valence-electron chi connectivity index (χ1n) is 6.63. The second kappa shape index (κ2) is 6.62. The van der Waals surface area contributed by atoms with E-state index in [1.54, 1.807) is 12.1 Å². The summed E-state index contributed by atoms with van der Waals surface area (Å²) in [6.07, 6.45) is 0. The van der Waals surface area contributed by atoms with Crippen molar-refractivity contribution < 1.29 is 14.3 Å². The molecule has 0 radical (unpaired) electrons. The van der Waals surface area contributed by atoms with Crippen molar-refractivity contribution in [3.63, 3.8) is 0 Å². The first kappa shape index (κ1) is 16.0. The summed E-state index contributed by atoms with van der Waals surface area (Å²) >= 11 is 5.88. The molecular weight excluding hydrogens is 306 g/mol. The number of hydrogen-bond acceptors (Lipinski definition) is 4. The minimum absolute atomic E-state index is 0.156. The standard InChI is InChI=1S/C15H16ClN3O3/c1-9(10-4-6-11(16)7-5-10)19-13(15(21)22-3)8-12(18-19)14(20)17-2/h4-9H,1-3H3,(H,17,20)/t9-/m0/s1. The zero-order valence-electron chi connectivity index (χ0n) is 12.5. The SMILES string of the molecule is CNC(=O)c1cc(C(=O)OC)n([C@@H](C)c2ccc(Cl)cc2)n1. The monoisotopic (exact) mass is 321 g/mol. The molecule has 1 atom stereocenters. The number of halogens is 1. The summed E-state index contributed by atoms with van der Waals surface area (Å²) in [6.45, 7) is 1.87. The van der Waals surface area contributed by atoms with Gasteiger partial charge in [-0.05, 0) is 24.6 Å². The zero-order valence-corrected chi connectivity index (χ0v) is 13.2. The van der Waals surface area contributed by atoms with Crippen LogP contribution in [0.1, 0.15) is 39.5 Å². The fourth-order valence-corrected chi connectivity index (χ4v) is 2.19. The van der Waals surface area contributed by atoms with Crippen molar-refractivity contribution in [1.29, 1.82) is 0 Å². The maximum Gasteiger partial charge on any atom is 0.356 e. The number of ether oxygens (including phenoxy) is 1. The van der Waals surface area contributed by atoms with Crippen LogP contribution < -0.4 is 5.32 Å². The molecular formula is C15H16ClN3O3. The molecule has 1 aromatic heterocycles. The van der Waals surface area contributed by atoms with Gasteiger partial charge in [0.05, 0.1) is 13.2 Å². The molecule has 0 saturated heterocycles. The molecule has 1 aromatic carbocycles. The molecule has 22 heavy (non-hydrogen) atoms. The van der Waals surface area contributed by atoms with Crippen molar-refractivity contribution in [2.24, 2.45) is 0 Å². The molecule has 6 nitrogen and oxygen atoms in total. The molecule has 0 unspecified atom stereocenters. The van der Waals surface area contributed by atoms with Crippen molar-refractivity contribution in [3.8, 4) is 0 Å². The number of esters is 1. The molecule has 0 aliphatic carbocycles. The van der Waals surface area contributed by atoms with E-state index in [1.165, 1.54) is 24.9 Å². The van der Waals surface area contributed by atoms with E-state index in [0.717, 1.165) is 5.56 Å². The normalized spacial score (nSPS) is 11.8. The van der Waals surface area contributed by atoms with Gasteiger partial charge in [-0.2, -0.15) is 5.10 Å². The number of methoxy groups -OCH3 is 1. The van der Waals surface area contributed by atoms with Gasteiger partial charge in [0.2, 0.25) is 0 Å². The van der Waals surface area contributed by atoms with E-state index in [0.29, 0.717) is 5.02 Å². The third-order valence-corrected chi connectivity index (χ3v) is 3.56. The van der Waals surface area contributed by atoms with Crippen molar-refractivity contribution in [1.82, 2.24) is 15.1 Å². The Morgan fingerprint density at radius 2 is 1.95 bits per heavy atom. The summed E-state index contributed by atoms with van der Waals surface area (Å²) in [5.74, 6) is -0.921. The van der Waals surface area contributed by atoms with E-state index in [4.69, 9.17) is 16.3 Å². The Bertz CT molecular complexity index is 695. The van der Waals surface area contributed by atoms with Crippen LogP contribution >= 0.6 is 11.6 Å². The Hall–Kier alpha value is -2.34. The Balaban J connectivity index is 2.47. The number of benzene rings is 1. The molecule has 116 valence electrons. The van der Waals surface area contributed by atoms with Gasteiger partial charge >= 0.3 is 5.97 Å². The van der Waals surface area contributed by atoms with Crippen LogP contribution in [0.4, 0.5) is 0 Å². The Morgan fingerprint density at radius 1 is 1.32 bits per heavy atom. The van der Waals surface area contributed by atoms with E-state index in [9.17, 15) is 9.59 Å². The van der Waals surface area contributed by atoms with E-state index in [2.05, 4.69) is 10.4 Å². The lowest BCUT2D eigenvalue weighted by atomic mass is 10.1. The van der Waals surface area contributed by atoms with Crippen molar-refractivity contribution >= 4 is 23.5 Å². The third-order valence-electron chi connectivity index (χ3n) is 3.31. The lowest BCUT2D eigenvalue weighted by Crippen LogP contribution is -2.19. The third kappa shape index (κ3) is 3.12. The Morgan fingerprint density at radius 3 is 2.50 bits per heavy atom. The fraction of sp³-hybridized carbons (Fsp3) is 0.267. The van der Waals surface area contributed by atoms with Gasteiger partial charge in [-0.15, -0.1) is 0 Å². The second-order valence-electron chi connectivity index (χ2n) is 4.66. The first-order valence-corrected chi connectivity index (χ1v) is 7.01. The summed E-state index contributed by atoms with van der Waals surface area (Å²) in [7, 11) is 2.79. The van der Waals surface area contributed by atoms with E-state index in [1.807, 2.05) is 19.1 Å². The minimum Gasteiger partial charge on any atom is -0.464 e. The number of carbonyl (C=O) groups is 2. The van der Waals surface area contributed by atoms with Crippen LogP contribution in [-0.2, 0) is 4.74 Å². The summed E-state index contributed by atoms with van der Waals surface area (Å²) < 4.78 is 6.23. The molecule has 0 bridgehead atoms. The van der Waals surface area contributed by atoms with Crippen LogP contribution in [0.25, 0.3) is 0 Å². The van der Waals surface area contributed by atoms with Crippen LogP contribution in [-0.4, -0.2) is 35.8 Å². The first-order chi connectivity index (χ1) is 10.5. The molecule has 0 spiro atoms. The highest BCUT2D eigenvalue weighted by Gasteiger charge is 2.23. The van der Waals surface area contributed by atoms with Crippen molar-refractivity contribution in [2.75, 3.05) is 14.2 Å². The summed E-state index contributed by atoms with van der Waals surface area (Å²) in [6, 6.07) is 8.36. The van der Waals surface area contributed by atoms with Gasteiger partial charge in [-0.25, -0.2) is 4.79 Å². The number of carbonyl (C=O) groups excluding carboxylic acids is 2. The average molecular weight is 322 g/mol. The van der Waals surface area contributed by atoms with Gasteiger partial charge in [-0.3, -0.25) is 9.48 Å². The molecule has 7 heteroatoms. The van der Waals surface area contributed by atoms with Gasteiger partial charge in [0.15, 0.2) is 5.69 Å². The van der Waals surface area contributed by atoms with E-state index in [-0.39, 0.29) is 23.3 Å². The maximum absolute atomic E-state index is 11.9. The fourth-order valence-electron chi connectivity index (χ4n) is 2.07. The molecule has 2 rings (SSSR count). The van der Waals surface area contributed by atoms with Crippen LogP contribution in [0.2, 0.25) is 5.02 Å². The quantitative estimate of drug-likeness (QED) is 0.877. The van der Waals surface area contributed by atoms with Gasteiger partial charge in [-0.1, -0.05) is 23.7 Å². The van der Waals surface area contributed by atoms with Crippen molar-refractivity contribution in [3.05, 3.63) is 52.3 Å². The highest BCUT2D eigenvalue weighted by molar-refractivity contribution is 6.30. The second-order valence-corrected chi connectivity index (χ2v) is 5.09. The molecule has 0 fully saturated rings. The number of hydrogen-bond donors (Lipinski definition) is 1. The molecule has 0 aliphatic rings. The number of nitrogens with one attached hydrogen (secondary N) is 1. The highest BCUT2D eigenvalue weighted by atomic mass is 35.5. The topological polar surface area (TPSA) is 73.2 Å². The molecule has 0 saturated carbocycles. The largest absolute Gasteiger partial charge is 0.464 e. The van der Waals surface area contributed by atoms with E-state index >= 15 is 0 Å². The number of amides is 1. The van der Waals surface area contributed by atoms with Gasteiger partial charge in [0.25, 0.3) is 5.91 Å². The lowest BCUT2D eigenvalue weighted by Gasteiger charge is -2.15. The molecule has 2 aromatic rings. The maximum atomic E-state index is 11.9. The van der Waals surface area contributed by atoms with Crippen LogP contribution in [0.5, 0.6) is 0 Å². The Labute approximate surface area is 133 Å². The minimum atomic E-state index is -0.552. The molecule has 1 N–H and O–H groups in total. The molecule has 1 amide bonds. The predicted molar refractivity (Wildman–Crippen MR) is 82.2 cm³/mol. The predicted octanol–water partition coefficient (Wildman–Crippen LogP) is 2.29. The number of aromatic nitrogens is 2. The van der Waals surface area contributed by atoms with Gasteiger partial charge in [0, 0.05) is 18.1 Å². The zero-order chi connectivity index (χ0) is 16.3.